The Morgan fingerprint density at radius 3 is 1.81 bits per heavy atom. The highest BCUT2D eigenvalue weighted by Gasteiger charge is 2.55. The summed E-state index contributed by atoms with van der Waals surface area (Å²) in [6.45, 7) is 15.5. The Bertz CT molecular complexity index is 801. The van der Waals surface area contributed by atoms with E-state index in [0.717, 1.165) is 70.3 Å². The van der Waals surface area contributed by atoms with E-state index in [4.69, 9.17) is 4.74 Å². The molecule has 6 atom stereocenters. The zero-order valence-corrected chi connectivity index (χ0v) is 24.2. The van der Waals surface area contributed by atoms with Crippen LogP contribution in [0.15, 0.2) is 24.3 Å². The molecule has 208 valence electrons. The second-order valence-electron chi connectivity index (χ2n) is 11.7. The molecule has 0 bridgehead atoms. The standard InChI is InChI=1S/C32H53N2O3/c1-6-11-20-32(35,36)28-15-13-12-14-25(28)31-26-18-16-23(33(7-2)8-3)21-29(26)37-30-22-24(17-19-27(30)31)34(9-4)10-5/h12-15,23-24,26-27,29-30,35-36H,6-11,16-22H2,1-5H3/q+1. The molecule has 3 fully saturated rings. The van der Waals surface area contributed by atoms with Crippen molar-refractivity contribution in [3.05, 3.63) is 41.3 Å². The van der Waals surface area contributed by atoms with Crippen molar-refractivity contribution < 1.29 is 14.9 Å². The summed E-state index contributed by atoms with van der Waals surface area (Å²) in [4.78, 5) is 5.21. The number of aliphatic hydroxyl groups is 2. The van der Waals surface area contributed by atoms with Gasteiger partial charge in [-0.25, -0.2) is 0 Å². The van der Waals surface area contributed by atoms with Crippen LogP contribution in [0.25, 0.3) is 0 Å². The van der Waals surface area contributed by atoms with Gasteiger partial charge in [-0.1, -0.05) is 41.0 Å². The van der Waals surface area contributed by atoms with Crippen molar-refractivity contribution in [3.63, 3.8) is 0 Å². The fraction of sp³-hybridized carbons (Fsp3) is 0.781. The molecule has 0 aromatic heterocycles. The second-order valence-corrected chi connectivity index (χ2v) is 11.7. The lowest BCUT2D eigenvalue weighted by atomic mass is 9.61. The van der Waals surface area contributed by atoms with E-state index >= 15 is 0 Å². The highest BCUT2D eigenvalue weighted by atomic mass is 16.5. The van der Waals surface area contributed by atoms with Crippen molar-refractivity contribution in [1.29, 1.82) is 0 Å². The predicted molar refractivity (Wildman–Crippen MR) is 151 cm³/mol. The largest absolute Gasteiger partial charge is 0.371 e. The third-order valence-electron chi connectivity index (χ3n) is 9.88. The van der Waals surface area contributed by atoms with Gasteiger partial charge in [-0.2, -0.15) is 0 Å². The van der Waals surface area contributed by atoms with Crippen molar-refractivity contribution >= 4 is 0 Å². The first kappa shape index (κ1) is 28.9. The number of fused-ring (bicyclic) bond motifs is 2. The number of ether oxygens (including phenoxy) is 1. The molecule has 2 N–H and O–H groups in total. The van der Waals surface area contributed by atoms with Crippen LogP contribution in [-0.2, 0) is 10.5 Å². The van der Waals surface area contributed by atoms with E-state index < -0.39 is 5.79 Å². The van der Waals surface area contributed by atoms with Crippen LogP contribution in [0.2, 0.25) is 0 Å². The SMILES string of the molecule is CCCCC(O)(O)c1ccccc1[C+]1C2CCC(N(CC)CC)CC2OC2CC(N(CC)CC)CCC12. The average molecular weight is 514 g/mol. The summed E-state index contributed by atoms with van der Waals surface area (Å²) in [5, 5.41) is 22.6. The van der Waals surface area contributed by atoms with Crippen LogP contribution in [0.3, 0.4) is 0 Å². The van der Waals surface area contributed by atoms with Gasteiger partial charge in [0.05, 0.1) is 24.0 Å². The van der Waals surface area contributed by atoms with Crippen LogP contribution < -0.4 is 0 Å². The number of benzene rings is 1. The van der Waals surface area contributed by atoms with Crippen molar-refractivity contribution in [1.82, 2.24) is 9.80 Å². The number of rotatable bonds is 11. The number of hydrogen-bond donors (Lipinski definition) is 2. The van der Waals surface area contributed by atoms with Gasteiger partial charge in [0.2, 0.25) is 5.79 Å². The zero-order valence-electron chi connectivity index (χ0n) is 24.2. The van der Waals surface area contributed by atoms with Gasteiger partial charge in [0.25, 0.3) is 0 Å². The van der Waals surface area contributed by atoms with Crippen LogP contribution in [0.4, 0.5) is 0 Å². The molecule has 1 aromatic carbocycles. The Balaban J connectivity index is 1.69. The van der Waals surface area contributed by atoms with E-state index in [-0.39, 0.29) is 12.2 Å². The molecule has 1 aromatic rings. The van der Waals surface area contributed by atoms with Gasteiger partial charge in [-0.15, -0.1) is 0 Å². The second kappa shape index (κ2) is 12.8. The van der Waals surface area contributed by atoms with Crippen molar-refractivity contribution in [3.8, 4) is 0 Å². The molecule has 6 unspecified atom stereocenters. The lowest BCUT2D eigenvalue weighted by molar-refractivity contribution is -0.177. The van der Waals surface area contributed by atoms with E-state index in [1.54, 1.807) is 0 Å². The summed E-state index contributed by atoms with van der Waals surface area (Å²) >= 11 is 0. The molecule has 0 spiro atoms. The van der Waals surface area contributed by atoms with Crippen molar-refractivity contribution in [2.45, 2.75) is 122 Å². The van der Waals surface area contributed by atoms with Gasteiger partial charge >= 0.3 is 0 Å². The van der Waals surface area contributed by atoms with Gasteiger partial charge < -0.3 is 24.7 Å². The molecule has 1 heterocycles. The lowest BCUT2D eigenvalue weighted by Crippen LogP contribution is -2.56. The zero-order chi connectivity index (χ0) is 26.6. The molecule has 5 heteroatoms. The predicted octanol–water partition coefficient (Wildman–Crippen LogP) is 5.73. The molecular formula is C32H53N2O3+. The maximum atomic E-state index is 11.3. The van der Waals surface area contributed by atoms with Crippen molar-refractivity contribution in [2.24, 2.45) is 11.8 Å². The lowest BCUT2D eigenvalue weighted by Gasteiger charge is -2.52. The molecule has 3 aliphatic rings. The molecule has 4 rings (SSSR count). The first-order valence-electron chi connectivity index (χ1n) is 15.4. The van der Waals surface area contributed by atoms with Crippen LogP contribution >= 0.6 is 0 Å². The van der Waals surface area contributed by atoms with Crippen LogP contribution in [-0.4, -0.2) is 70.5 Å². The van der Waals surface area contributed by atoms with E-state index in [9.17, 15) is 10.2 Å². The van der Waals surface area contributed by atoms with Crippen LogP contribution in [0.5, 0.6) is 0 Å². The Kier molecular flexibility index (Phi) is 10.0. The molecule has 2 aliphatic carbocycles. The summed E-state index contributed by atoms with van der Waals surface area (Å²) in [5.41, 5.74) is 1.80. The molecule has 0 amide bonds. The van der Waals surface area contributed by atoms with Crippen molar-refractivity contribution in [2.75, 3.05) is 26.2 Å². The quantitative estimate of drug-likeness (QED) is 0.293. The number of unbranched alkanes of at least 4 members (excludes halogenated alkanes) is 1. The van der Waals surface area contributed by atoms with E-state index in [1.165, 1.54) is 18.8 Å². The topological polar surface area (TPSA) is 56.2 Å². The Labute approximate surface area is 226 Å². The maximum absolute atomic E-state index is 11.3. The van der Waals surface area contributed by atoms with E-state index in [0.29, 0.717) is 35.9 Å². The minimum Gasteiger partial charge on any atom is -0.371 e. The first-order chi connectivity index (χ1) is 17.9. The fourth-order valence-corrected chi connectivity index (χ4v) is 7.91. The average Bonchev–Trinajstić information content (AvgIpc) is 2.92. The molecule has 2 saturated carbocycles. The van der Waals surface area contributed by atoms with Crippen LogP contribution in [0, 0.1) is 17.8 Å². The summed E-state index contributed by atoms with van der Waals surface area (Å²) in [6.07, 6.45) is 9.33. The Hall–Kier alpha value is -1.11. The monoisotopic (exact) mass is 513 g/mol. The summed E-state index contributed by atoms with van der Waals surface area (Å²) in [5.74, 6) is 0.402. The first-order valence-corrected chi connectivity index (χ1v) is 15.4. The van der Waals surface area contributed by atoms with E-state index in [1.807, 2.05) is 12.1 Å². The van der Waals surface area contributed by atoms with Gasteiger partial charge in [-0.05, 0) is 83.3 Å². The van der Waals surface area contributed by atoms with Gasteiger partial charge in [0.15, 0.2) is 0 Å². The fourth-order valence-electron chi connectivity index (χ4n) is 7.91. The van der Waals surface area contributed by atoms with Gasteiger partial charge in [0, 0.05) is 36.6 Å². The minimum absolute atomic E-state index is 0.210. The molecule has 37 heavy (non-hydrogen) atoms. The smallest absolute Gasteiger partial charge is 0.238 e. The Morgan fingerprint density at radius 1 is 0.811 bits per heavy atom. The normalized spacial score (nSPS) is 30.5. The number of hydrogen-bond acceptors (Lipinski definition) is 5. The molecule has 5 nitrogen and oxygen atoms in total. The molecular weight excluding hydrogens is 460 g/mol. The molecule has 1 saturated heterocycles. The Morgan fingerprint density at radius 2 is 1.32 bits per heavy atom. The highest BCUT2D eigenvalue weighted by molar-refractivity contribution is 5.44. The van der Waals surface area contributed by atoms with E-state index in [2.05, 4.69) is 56.6 Å². The van der Waals surface area contributed by atoms with Gasteiger partial charge in [0.1, 0.15) is 11.1 Å². The minimum atomic E-state index is -1.79. The number of nitrogens with zero attached hydrogens (tertiary/aromatic N) is 2. The summed E-state index contributed by atoms with van der Waals surface area (Å²) in [6, 6.07) is 9.33. The highest BCUT2D eigenvalue weighted by Crippen LogP contribution is 2.53. The maximum Gasteiger partial charge on any atom is 0.238 e. The molecule has 0 radical (unpaired) electrons. The summed E-state index contributed by atoms with van der Waals surface area (Å²) < 4.78 is 7.08. The third kappa shape index (κ3) is 6.06. The summed E-state index contributed by atoms with van der Waals surface area (Å²) in [7, 11) is 0. The van der Waals surface area contributed by atoms with Gasteiger partial charge in [-0.3, -0.25) is 0 Å². The van der Waals surface area contributed by atoms with Crippen LogP contribution in [0.1, 0.15) is 104 Å². The molecule has 1 aliphatic heterocycles. The third-order valence-corrected chi connectivity index (χ3v) is 9.88.